The van der Waals surface area contributed by atoms with Crippen LogP contribution in [-0.4, -0.2) is 61.1 Å². The van der Waals surface area contributed by atoms with Crippen molar-refractivity contribution in [2.75, 3.05) is 39.4 Å². The molecular formula is C14H26N2O2. The summed E-state index contributed by atoms with van der Waals surface area (Å²) in [6.45, 7) is 7.14. The van der Waals surface area contributed by atoms with Gasteiger partial charge in [-0.15, -0.1) is 0 Å². The van der Waals surface area contributed by atoms with E-state index in [1.165, 1.54) is 32.4 Å². The van der Waals surface area contributed by atoms with Crippen LogP contribution in [0.15, 0.2) is 0 Å². The number of nitrogens with zero attached hydrogens (tertiary/aromatic N) is 2. The summed E-state index contributed by atoms with van der Waals surface area (Å²) in [6.07, 6.45) is 6.37. The Morgan fingerprint density at radius 3 is 2.39 bits per heavy atom. The molecule has 0 N–H and O–H groups in total. The van der Waals surface area contributed by atoms with E-state index >= 15 is 0 Å². The van der Waals surface area contributed by atoms with Crippen LogP contribution >= 0.6 is 0 Å². The number of carbonyl (C=O) groups is 1. The smallest absolute Gasteiger partial charge is 0.248 e. The number of ether oxygens (including phenoxy) is 1. The first-order chi connectivity index (χ1) is 8.81. The average Bonchev–Trinajstić information content (AvgIpc) is 2.46. The van der Waals surface area contributed by atoms with E-state index in [0.717, 1.165) is 25.9 Å². The molecule has 1 amide bonds. The lowest BCUT2D eigenvalue weighted by molar-refractivity contribution is -0.137. The summed E-state index contributed by atoms with van der Waals surface area (Å²) in [6, 6.07) is 0.710. The van der Waals surface area contributed by atoms with Crippen LogP contribution in [-0.2, 0) is 9.53 Å². The molecule has 0 aliphatic carbocycles. The van der Waals surface area contributed by atoms with Crippen LogP contribution in [0.3, 0.4) is 0 Å². The van der Waals surface area contributed by atoms with Gasteiger partial charge in [-0.3, -0.25) is 4.79 Å². The number of carbonyl (C=O) groups excluding carboxylic acids is 1. The van der Waals surface area contributed by atoms with Crippen LogP contribution in [0.2, 0.25) is 0 Å². The summed E-state index contributed by atoms with van der Waals surface area (Å²) in [5, 5.41) is 0. The molecule has 18 heavy (non-hydrogen) atoms. The molecule has 2 aliphatic rings. The molecule has 0 bridgehead atoms. The number of rotatable bonds is 4. The fourth-order valence-corrected chi connectivity index (χ4v) is 3.04. The first-order valence-corrected chi connectivity index (χ1v) is 7.41. The van der Waals surface area contributed by atoms with Crippen molar-refractivity contribution in [3.63, 3.8) is 0 Å². The van der Waals surface area contributed by atoms with E-state index in [-0.39, 0.29) is 12.5 Å². The van der Waals surface area contributed by atoms with Crippen molar-refractivity contribution < 1.29 is 9.53 Å². The molecule has 0 aromatic carbocycles. The molecule has 0 unspecified atom stereocenters. The number of piperidine rings is 2. The Bertz CT molecular complexity index is 257. The summed E-state index contributed by atoms with van der Waals surface area (Å²) < 4.78 is 5.19. The summed E-state index contributed by atoms with van der Waals surface area (Å²) in [5.74, 6) is 0.161. The van der Waals surface area contributed by atoms with E-state index in [4.69, 9.17) is 4.74 Å². The van der Waals surface area contributed by atoms with Crippen LogP contribution in [0.4, 0.5) is 0 Å². The van der Waals surface area contributed by atoms with Crippen molar-refractivity contribution in [1.82, 2.24) is 9.80 Å². The molecule has 0 atom stereocenters. The Hall–Kier alpha value is -0.610. The molecular weight excluding hydrogens is 228 g/mol. The van der Waals surface area contributed by atoms with Crippen LogP contribution < -0.4 is 0 Å². The normalized spacial score (nSPS) is 23.3. The monoisotopic (exact) mass is 254 g/mol. The van der Waals surface area contributed by atoms with Crippen LogP contribution in [0.5, 0.6) is 0 Å². The van der Waals surface area contributed by atoms with Gasteiger partial charge in [0.05, 0.1) is 0 Å². The SMILES string of the molecule is CCOCC(=O)N1CCC(N2CCCCC2)CC1. The minimum absolute atomic E-state index is 0.161. The predicted molar refractivity (Wildman–Crippen MR) is 71.5 cm³/mol. The lowest BCUT2D eigenvalue weighted by Gasteiger charge is -2.40. The molecule has 0 aromatic heterocycles. The fourth-order valence-electron chi connectivity index (χ4n) is 3.04. The average molecular weight is 254 g/mol. The summed E-state index contributed by atoms with van der Waals surface area (Å²) in [5.41, 5.74) is 0. The van der Waals surface area contributed by atoms with Gasteiger partial charge in [0.2, 0.25) is 5.91 Å². The second-order valence-corrected chi connectivity index (χ2v) is 5.35. The molecule has 0 saturated carbocycles. The molecule has 104 valence electrons. The van der Waals surface area contributed by atoms with Crippen molar-refractivity contribution >= 4 is 5.91 Å². The number of amides is 1. The maximum atomic E-state index is 11.8. The largest absolute Gasteiger partial charge is 0.372 e. The zero-order valence-corrected chi connectivity index (χ0v) is 11.6. The van der Waals surface area contributed by atoms with Gasteiger partial charge in [-0.25, -0.2) is 0 Å². The highest BCUT2D eigenvalue weighted by molar-refractivity contribution is 5.77. The molecule has 0 radical (unpaired) electrons. The van der Waals surface area contributed by atoms with E-state index in [2.05, 4.69) is 4.90 Å². The van der Waals surface area contributed by atoms with Gasteiger partial charge in [-0.2, -0.15) is 0 Å². The first kappa shape index (κ1) is 13.8. The molecule has 2 rings (SSSR count). The lowest BCUT2D eigenvalue weighted by Crippen LogP contribution is -2.48. The third-order valence-corrected chi connectivity index (χ3v) is 4.15. The van der Waals surface area contributed by atoms with Gasteiger partial charge in [-0.05, 0) is 45.7 Å². The van der Waals surface area contributed by atoms with Crippen molar-refractivity contribution in [2.45, 2.75) is 45.1 Å². The topological polar surface area (TPSA) is 32.8 Å². The number of hydrogen-bond donors (Lipinski definition) is 0. The second kappa shape index (κ2) is 7.10. The van der Waals surface area contributed by atoms with Gasteiger partial charge in [-0.1, -0.05) is 6.42 Å². The molecule has 4 heteroatoms. The molecule has 2 aliphatic heterocycles. The highest BCUT2D eigenvalue weighted by Crippen LogP contribution is 2.20. The van der Waals surface area contributed by atoms with E-state index in [1.54, 1.807) is 0 Å². The van der Waals surface area contributed by atoms with Gasteiger partial charge < -0.3 is 14.5 Å². The Kier molecular flexibility index (Phi) is 5.45. The third-order valence-electron chi connectivity index (χ3n) is 4.15. The van der Waals surface area contributed by atoms with E-state index in [1.807, 2.05) is 11.8 Å². The maximum Gasteiger partial charge on any atom is 0.248 e. The minimum Gasteiger partial charge on any atom is -0.372 e. The quantitative estimate of drug-likeness (QED) is 0.762. The molecule has 2 fully saturated rings. The molecule has 4 nitrogen and oxygen atoms in total. The highest BCUT2D eigenvalue weighted by Gasteiger charge is 2.27. The summed E-state index contributed by atoms with van der Waals surface area (Å²) >= 11 is 0. The minimum atomic E-state index is 0.161. The fraction of sp³-hybridized carbons (Fsp3) is 0.929. The van der Waals surface area contributed by atoms with Gasteiger partial charge in [0, 0.05) is 25.7 Å². The predicted octanol–water partition coefficient (Wildman–Crippen LogP) is 1.50. The van der Waals surface area contributed by atoms with E-state index in [9.17, 15) is 4.79 Å². The lowest BCUT2D eigenvalue weighted by atomic mass is 10.00. The van der Waals surface area contributed by atoms with Crippen molar-refractivity contribution in [1.29, 1.82) is 0 Å². The van der Waals surface area contributed by atoms with Gasteiger partial charge >= 0.3 is 0 Å². The van der Waals surface area contributed by atoms with Gasteiger partial charge in [0.25, 0.3) is 0 Å². The molecule has 2 heterocycles. The molecule has 0 spiro atoms. The van der Waals surface area contributed by atoms with E-state index < -0.39 is 0 Å². The van der Waals surface area contributed by atoms with Crippen LogP contribution in [0, 0.1) is 0 Å². The highest BCUT2D eigenvalue weighted by atomic mass is 16.5. The molecule has 0 aromatic rings. The standard InChI is InChI=1S/C14H26N2O2/c1-2-18-12-14(17)16-10-6-13(7-11-16)15-8-4-3-5-9-15/h13H,2-12H2,1H3. The zero-order chi connectivity index (χ0) is 12.8. The maximum absolute atomic E-state index is 11.8. The first-order valence-electron chi connectivity index (χ1n) is 7.41. The number of likely N-dealkylation sites (tertiary alicyclic amines) is 2. The molecule has 2 saturated heterocycles. The summed E-state index contributed by atoms with van der Waals surface area (Å²) in [4.78, 5) is 16.4. The third kappa shape index (κ3) is 3.69. The summed E-state index contributed by atoms with van der Waals surface area (Å²) in [7, 11) is 0. The Morgan fingerprint density at radius 1 is 1.11 bits per heavy atom. The van der Waals surface area contributed by atoms with Crippen LogP contribution in [0.1, 0.15) is 39.0 Å². The zero-order valence-electron chi connectivity index (χ0n) is 11.6. The Labute approximate surface area is 110 Å². The Morgan fingerprint density at radius 2 is 1.78 bits per heavy atom. The van der Waals surface area contributed by atoms with Crippen molar-refractivity contribution in [3.8, 4) is 0 Å². The second-order valence-electron chi connectivity index (χ2n) is 5.35. The van der Waals surface area contributed by atoms with Crippen LogP contribution in [0.25, 0.3) is 0 Å². The Balaban J connectivity index is 1.71. The van der Waals surface area contributed by atoms with Gasteiger partial charge in [0.1, 0.15) is 6.61 Å². The number of hydrogen-bond acceptors (Lipinski definition) is 3. The van der Waals surface area contributed by atoms with Crippen molar-refractivity contribution in [3.05, 3.63) is 0 Å². The van der Waals surface area contributed by atoms with E-state index in [0.29, 0.717) is 12.6 Å². The van der Waals surface area contributed by atoms with Gasteiger partial charge in [0.15, 0.2) is 0 Å². The van der Waals surface area contributed by atoms with Crippen molar-refractivity contribution in [2.24, 2.45) is 0 Å².